The molecule has 0 saturated heterocycles. The molecule has 4 nitrogen and oxygen atoms in total. The third-order valence-corrected chi connectivity index (χ3v) is 4.72. The molecule has 3 N–H and O–H groups in total. The molecule has 2 aliphatic rings. The van der Waals surface area contributed by atoms with Crippen molar-refractivity contribution in [3.63, 3.8) is 0 Å². The summed E-state index contributed by atoms with van der Waals surface area (Å²) in [5.41, 5.74) is 5.30. The minimum Gasteiger partial charge on any atom is -0.368 e. The highest BCUT2D eigenvalue weighted by molar-refractivity contribution is 5.86. The Hall–Kier alpha value is -0.610. The van der Waals surface area contributed by atoms with Crippen LogP contribution >= 0.6 is 0 Å². The molecular weight excluding hydrogens is 250 g/mol. The number of likely N-dealkylation sites (N-methyl/N-ethyl adjacent to an activating group) is 1. The van der Waals surface area contributed by atoms with E-state index in [2.05, 4.69) is 31.0 Å². The van der Waals surface area contributed by atoms with Crippen LogP contribution in [0.4, 0.5) is 0 Å². The van der Waals surface area contributed by atoms with Gasteiger partial charge in [-0.2, -0.15) is 0 Å². The van der Waals surface area contributed by atoms with Gasteiger partial charge in [0.05, 0.1) is 0 Å². The Morgan fingerprint density at radius 1 is 1.35 bits per heavy atom. The summed E-state index contributed by atoms with van der Waals surface area (Å²) in [5, 5.41) is 3.44. The summed E-state index contributed by atoms with van der Waals surface area (Å²) in [7, 11) is 0. The van der Waals surface area contributed by atoms with E-state index in [-0.39, 0.29) is 5.91 Å². The van der Waals surface area contributed by atoms with Crippen molar-refractivity contribution in [3.8, 4) is 0 Å². The third kappa shape index (κ3) is 3.73. The van der Waals surface area contributed by atoms with Crippen molar-refractivity contribution in [2.45, 2.75) is 64.5 Å². The lowest BCUT2D eigenvalue weighted by atomic mass is 9.90. The minimum atomic E-state index is -0.492. The van der Waals surface area contributed by atoms with Gasteiger partial charge in [-0.05, 0) is 57.0 Å². The SMILES string of the molecule is CCNC(CN(CCC(C)C)C1CC1)(C(N)=O)C1CC1. The van der Waals surface area contributed by atoms with E-state index < -0.39 is 5.54 Å². The van der Waals surface area contributed by atoms with Crippen LogP contribution in [-0.4, -0.2) is 42.0 Å². The molecule has 1 amide bonds. The summed E-state index contributed by atoms with van der Waals surface area (Å²) in [5.74, 6) is 0.997. The Kier molecular flexibility index (Phi) is 5.08. The molecule has 0 bridgehead atoms. The summed E-state index contributed by atoms with van der Waals surface area (Å²) in [6.45, 7) is 9.29. The monoisotopic (exact) mass is 281 g/mol. The molecular formula is C16H31N3O. The maximum Gasteiger partial charge on any atom is 0.239 e. The van der Waals surface area contributed by atoms with E-state index in [1.54, 1.807) is 0 Å². The molecule has 1 atom stereocenters. The smallest absolute Gasteiger partial charge is 0.239 e. The van der Waals surface area contributed by atoms with Gasteiger partial charge in [0.25, 0.3) is 0 Å². The Morgan fingerprint density at radius 3 is 2.40 bits per heavy atom. The number of nitrogens with zero attached hydrogens (tertiary/aromatic N) is 1. The molecule has 0 aromatic carbocycles. The zero-order chi connectivity index (χ0) is 14.8. The molecule has 0 heterocycles. The summed E-state index contributed by atoms with van der Waals surface area (Å²) in [4.78, 5) is 14.7. The van der Waals surface area contributed by atoms with Gasteiger partial charge < -0.3 is 11.1 Å². The van der Waals surface area contributed by atoms with Crippen molar-refractivity contribution in [2.75, 3.05) is 19.6 Å². The van der Waals surface area contributed by atoms with E-state index in [9.17, 15) is 4.79 Å². The average Bonchev–Trinajstić information content (AvgIpc) is 3.25. The van der Waals surface area contributed by atoms with E-state index in [1.165, 1.54) is 19.3 Å². The lowest BCUT2D eigenvalue weighted by Gasteiger charge is -2.37. The van der Waals surface area contributed by atoms with Gasteiger partial charge in [-0.1, -0.05) is 20.8 Å². The number of carbonyl (C=O) groups excluding carboxylic acids is 1. The first-order valence-corrected chi connectivity index (χ1v) is 8.28. The molecule has 0 aromatic heterocycles. The molecule has 0 aromatic rings. The number of hydrogen-bond donors (Lipinski definition) is 2. The first kappa shape index (κ1) is 15.8. The number of rotatable bonds is 10. The van der Waals surface area contributed by atoms with E-state index in [4.69, 9.17) is 5.73 Å². The van der Waals surface area contributed by atoms with Crippen LogP contribution in [0.2, 0.25) is 0 Å². The van der Waals surface area contributed by atoms with Crippen molar-refractivity contribution in [2.24, 2.45) is 17.6 Å². The van der Waals surface area contributed by atoms with E-state index in [1.807, 2.05) is 0 Å². The number of amides is 1. The van der Waals surface area contributed by atoms with Gasteiger partial charge >= 0.3 is 0 Å². The summed E-state index contributed by atoms with van der Waals surface area (Å²) in [6, 6.07) is 0.685. The largest absolute Gasteiger partial charge is 0.368 e. The molecule has 116 valence electrons. The minimum absolute atomic E-state index is 0.156. The average molecular weight is 281 g/mol. The lowest BCUT2D eigenvalue weighted by molar-refractivity contribution is -0.126. The van der Waals surface area contributed by atoms with Gasteiger partial charge in [0.15, 0.2) is 0 Å². The standard InChI is InChI=1S/C16H31N3O/c1-4-18-16(15(17)20,13-5-6-13)11-19(14-7-8-14)10-9-12(2)3/h12-14,18H,4-11H2,1-3H3,(H2,17,20). The van der Waals surface area contributed by atoms with Crippen LogP contribution in [0.15, 0.2) is 0 Å². The zero-order valence-electron chi connectivity index (χ0n) is 13.3. The fourth-order valence-corrected chi connectivity index (χ4v) is 3.16. The molecule has 4 heteroatoms. The molecule has 2 rings (SSSR count). The Morgan fingerprint density at radius 2 is 2.00 bits per heavy atom. The molecule has 0 radical (unpaired) electrons. The van der Waals surface area contributed by atoms with E-state index in [0.29, 0.717) is 17.9 Å². The number of nitrogens with two attached hydrogens (primary N) is 1. The molecule has 2 saturated carbocycles. The predicted octanol–water partition coefficient (Wildman–Crippen LogP) is 1.74. The van der Waals surface area contributed by atoms with Crippen molar-refractivity contribution < 1.29 is 4.79 Å². The second-order valence-electron chi connectivity index (χ2n) is 7.02. The van der Waals surface area contributed by atoms with Crippen molar-refractivity contribution >= 4 is 5.91 Å². The number of primary amides is 1. The molecule has 2 fully saturated rings. The van der Waals surface area contributed by atoms with Crippen molar-refractivity contribution in [1.29, 1.82) is 0 Å². The first-order chi connectivity index (χ1) is 9.49. The second-order valence-corrected chi connectivity index (χ2v) is 7.02. The normalized spacial score (nSPS) is 22.2. The fourth-order valence-electron chi connectivity index (χ4n) is 3.16. The molecule has 20 heavy (non-hydrogen) atoms. The van der Waals surface area contributed by atoms with Crippen LogP contribution in [0.25, 0.3) is 0 Å². The van der Waals surface area contributed by atoms with Crippen LogP contribution in [0.1, 0.15) is 52.9 Å². The molecule has 0 aliphatic heterocycles. The van der Waals surface area contributed by atoms with Gasteiger partial charge in [-0.25, -0.2) is 0 Å². The van der Waals surface area contributed by atoms with E-state index >= 15 is 0 Å². The van der Waals surface area contributed by atoms with Gasteiger partial charge in [0.1, 0.15) is 5.54 Å². The van der Waals surface area contributed by atoms with Gasteiger partial charge in [0.2, 0.25) is 5.91 Å². The quantitative estimate of drug-likeness (QED) is 0.641. The Balaban J connectivity index is 2.05. The second kappa shape index (κ2) is 6.44. The lowest BCUT2D eigenvalue weighted by Crippen LogP contribution is -2.63. The van der Waals surface area contributed by atoms with Crippen molar-refractivity contribution in [3.05, 3.63) is 0 Å². The van der Waals surface area contributed by atoms with Crippen LogP contribution in [0, 0.1) is 11.8 Å². The first-order valence-electron chi connectivity index (χ1n) is 8.28. The molecule has 0 spiro atoms. The topological polar surface area (TPSA) is 58.4 Å². The number of hydrogen-bond acceptors (Lipinski definition) is 3. The van der Waals surface area contributed by atoms with Crippen LogP contribution < -0.4 is 11.1 Å². The fraction of sp³-hybridized carbons (Fsp3) is 0.938. The van der Waals surface area contributed by atoms with E-state index in [0.717, 1.165) is 32.5 Å². The van der Waals surface area contributed by atoms with Gasteiger partial charge in [0, 0.05) is 12.6 Å². The maximum atomic E-state index is 12.1. The van der Waals surface area contributed by atoms with Crippen molar-refractivity contribution in [1.82, 2.24) is 10.2 Å². The van der Waals surface area contributed by atoms with Gasteiger partial charge in [-0.15, -0.1) is 0 Å². The summed E-state index contributed by atoms with van der Waals surface area (Å²) >= 11 is 0. The summed E-state index contributed by atoms with van der Waals surface area (Å²) in [6.07, 6.45) is 6.03. The molecule has 1 unspecified atom stereocenters. The van der Waals surface area contributed by atoms with Crippen LogP contribution in [0.5, 0.6) is 0 Å². The number of carbonyl (C=O) groups is 1. The highest BCUT2D eigenvalue weighted by atomic mass is 16.1. The third-order valence-electron chi connectivity index (χ3n) is 4.72. The highest BCUT2D eigenvalue weighted by Gasteiger charge is 2.51. The highest BCUT2D eigenvalue weighted by Crippen LogP contribution is 2.41. The maximum absolute atomic E-state index is 12.1. The zero-order valence-corrected chi connectivity index (χ0v) is 13.3. The Bertz CT molecular complexity index is 337. The molecule has 2 aliphatic carbocycles. The summed E-state index contributed by atoms with van der Waals surface area (Å²) < 4.78 is 0. The van der Waals surface area contributed by atoms with Crippen LogP contribution in [-0.2, 0) is 4.79 Å². The Labute approximate surface area is 123 Å². The number of nitrogens with one attached hydrogen (secondary N) is 1. The predicted molar refractivity (Wildman–Crippen MR) is 82.4 cm³/mol. The van der Waals surface area contributed by atoms with Gasteiger partial charge in [-0.3, -0.25) is 9.69 Å². The van der Waals surface area contributed by atoms with Crippen LogP contribution in [0.3, 0.4) is 0 Å².